The zero-order valence-corrected chi connectivity index (χ0v) is 19.9. The predicted molar refractivity (Wildman–Crippen MR) is 136 cm³/mol. The van der Waals surface area contributed by atoms with E-state index in [9.17, 15) is 9.59 Å². The van der Waals surface area contributed by atoms with Gasteiger partial charge in [0.05, 0.1) is 24.2 Å². The van der Waals surface area contributed by atoms with Crippen molar-refractivity contribution in [1.29, 1.82) is 0 Å². The fraction of sp³-hybridized carbons (Fsp3) is 0.154. The number of rotatable bonds is 6. The summed E-state index contributed by atoms with van der Waals surface area (Å²) in [5.74, 6) is 0.0932. The average molecular weight is 488 g/mol. The van der Waals surface area contributed by atoms with E-state index in [1.165, 1.54) is 4.52 Å². The summed E-state index contributed by atoms with van der Waals surface area (Å²) in [5.41, 5.74) is 3.50. The van der Waals surface area contributed by atoms with Gasteiger partial charge in [0.1, 0.15) is 5.75 Å². The van der Waals surface area contributed by atoms with E-state index in [1.54, 1.807) is 34.9 Å². The van der Waals surface area contributed by atoms with Crippen molar-refractivity contribution >= 4 is 39.9 Å². The van der Waals surface area contributed by atoms with E-state index in [1.807, 2.05) is 50.2 Å². The molecule has 9 heteroatoms. The van der Waals surface area contributed by atoms with Crippen LogP contribution in [0.15, 0.2) is 71.5 Å². The van der Waals surface area contributed by atoms with Crippen LogP contribution in [0.1, 0.15) is 28.7 Å². The monoisotopic (exact) mass is 487 g/mol. The zero-order chi connectivity index (χ0) is 24.5. The third-order valence-corrected chi connectivity index (χ3v) is 5.78. The minimum absolute atomic E-state index is 0.0697. The first-order chi connectivity index (χ1) is 16.9. The quantitative estimate of drug-likeness (QED) is 0.374. The Morgan fingerprint density at radius 1 is 1.06 bits per heavy atom. The Hall–Kier alpha value is -4.17. The molecular weight excluding hydrogens is 466 g/mol. The number of aromatic nitrogens is 4. The summed E-state index contributed by atoms with van der Waals surface area (Å²) >= 11 is 6.15. The Balaban J connectivity index is 1.57. The summed E-state index contributed by atoms with van der Waals surface area (Å²) in [4.78, 5) is 30.7. The minimum atomic E-state index is -0.515. The van der Waals surface area contributed by atoms with Crippen molar-refractivity contribution in [3.05, 3.63) is 99.1 Å². The molecule has 3 aromatic carbocycles. The van der Waals surface area contributed by atoms with E-state index in [0.29, 0.717) is 40.6 Å². The van der Waals surface area contributed by atoms with Crippen LogP contribution in [0.5, 0.6) is 5.75 Å². The van der Waals surface area contributed by atoms with Crippen LogP contribution in [0.3, 0.4) is 0 Å². The third kappa shape index (κ3) is 4.48. The zero-order valence-electron chi connectivity index (χ0n) is 19.2. The van der Waals surface area contributed by atoms with E-state index in [2.05, 4.69) is 15.4 Å². The number of carbonyl (C=O) groups excluding carboxylic acids is 1. The number of fused-ring (bicyclic) bond motifs is 3. The van der Waals surface area contributed by atoms with Gasteiger partial charge in [0, 0.05) is 10.7 Å². The smallest absolute Gasteiger partial charge is 0.296 e. The van der Waals surface area contributed by atoms with Gasteiger partial charge in [-0.2, -0.15) is 4.98 Å². The van der Waals surface area contributed by atoms with Crippen LogP contribution in [0.4, 0.5) is 5.69 Å². The van der Waals surface area contributed by atoms with E-state index in [-0.39, 0.29) is 17.0 Å². The van der Waals surface area contributed by atoms with Gasteiger partial charge in [-0.3, -0.25) is 14.2 Å². The Kier molecular flexibility index (Phi) is 5.96. The Bertz CT molecular complexity index is 1620. The molecule has 8 nitrogen and oxygen atoms in total. The van der Waals surface area contributed by atoms with E-state index < -0.39 is 5.91 Å². The van der Waals surface area contributed by atoms with Gasteiger partial charge in [0.15, 0.2) is 0 Å². The highest BCUT2D eigenvalue weighted by atomic mass is 35.5. The van der Waals surface area contributed by atoms with Gasteiger partial charge in [0.2, 0.25) is 11.5 Å². The highest BCUT2D eigenvalue weighted by molar-refractivity contribution is 6.30. The molecule has 0 aliphatic rings. The van der Waals surface area contributed by atoms with Crippen molar-refractivity contribution in [3.63, 3.8) is 0 Å². The second kappa shape index (κ2) is 9.23. The predicted octanol–water partition coefficient (Wildman–Crippen LogP) is 4.71. The number of hydrogen-bond acceptors (Lipinski definition) is 5. The molecule has 5 aromatic rings. The lowest BCUT2D eigenvalue weighted by Gasteiger charge is -2.12. The normalized spacial score (nSPS) is 11.2. The first-order valence-corrected chi connectivity index (χ1v) is 11.5. The highest BCUT2D eigenvalue weighted by Crippen LogP contribution is 2.20. The molecule has 0 saturated heterocycles. The topological polar surface area (TPSA) is 90.5 Å². The van der Waals surface area contributed by atoms with Crippen LogP contribution in [0.2, 0.25) is 5.02 Å². The van der Waals surface area contributed by atoms with Gasteiger partial charge >= 0.3 is 0 Å². The molecule has 0 atom stereocenters. The molecule has 0 unspecified atom stereocenters. The van der Waals surface area contributed by atoms with E-state index in [4.69, 9.17) is 16.3 Å². The number of aryl methyl sites for hydroxylation is 1. The number of nitrogens with zero attached hydrogens (tertiary/aromatic N) is 4. The van der Waals surface area contributed by atoms with Crippen LogP contribution < -0.4 is 15.6 Å². The molecular formula is C26H22ClN5O3. The van der Waals surface area contributed by atoms with Gasteiger partial charge in [-0.1, -0.05) is 29.8 Å². The lowest BCUT2D eigenvalue weighted by molar-refractivity contribution is 0.101. The highest BCUT2D eigenvalue weighted by Gasteiger charge is 2.19. The SMILES string of the molecule is CCOc1ccc(NC(=O)c2nc3c(=O)n(Cc4cccc(Cl)c4)c4cc(C)ccc4n3n2)cc1. The molecule has 35 heavy (non-hydrogen) atoms. The molecule has 0 aliphatic heterocycles. The molecule has 1 amide bonds. The molecule has 5 rings (SSSR count). The van der Waals surface area contributed by atoms with Crippen molar-refractivity contribution in [1.82, 2.24) is 19.2 Å². The van der Waals surface area contributed by atoms with Crippen molar-refractivity contribution in [2.24, 2.45) is 0 Å². The van der Waals surface area contributed by atoms with Crippen molar-refractivity contribution in [2.75, 3.05) is 11.9 Å². The molecule has 0 saturated carbocycles. The summed E-state index contributed by atoms with van der Waals surface area (Å²) in [6.45, 7) is 4.71. The third-order valence-electron chi connectivity index (χ3n) is 5.55. The molecule has 0 spiro atoms. The molecule has 0 bridgehead atoms. The van der Waals surface area contributed by atoms with E-state index >= 15 is 0 Å². The number of halogens is 1. The van der Waals surface area contributed by atoms with Gasteiger partial charge in [-0.25, -0.2) is 4.52 Å². The number of amides is 1. The Morgan fingerprint density at radius 2 is 1.86 bits per heavy atom. The molecule has 0 radical (unpaired) electrons. The number of ether oxygens (including phenoxy) is 1. The van der Waals surface area contributed by atoms with Crippen LogP contribution in [-0.4, -0.2) is 31.7 Å². The Morgan fingerprint density at radius 3 is 2.60 bits per heavy atom. The van der Waals surface area contributed by atoms with Gasteiger partial charge in [-0.15, -0.1) is 5.10 Å². The number of benzene rings is 3. The molecule has 0 fully saturated rings. The number of anilines is 1. The maximum atomic E-state index is 13.5. The standard InChI is InChI=1S/C26H22ClN5O3/c1-3-35-20-10-8-19(9-11-20)28-25(33)23-29-24-26(34)31(15-17-5-4-6-18(27)14-17)22-13-16(2)7-12-21(22)32(24)30-23/h4-14H,3,15H2,1-2H3,(H,28,33). The van der Waals surface area contributed by atoms with Gasteiger partial charge < -0.3 is 10.1 Å². The van der Waals surface area contributed by atoms with Crippen molar-refractivity contribution in [3.8, 4) is 5.75 Å². The lowest BCUT2D eigenvalue weighted by atomic mass is 10.2. The summed E-state index contributed by atoms with van der Waals surface area (Å²) < 4.78 is 8.49. The summed E-state index contributed by atoms with van der Waals surface area (Å²) in [6.07, 6.45) is 0. The maximum absolute atomic E-state index is 13.5. The van der Waals surface area contributed by atoms with Gasteiger partial charge in [-0.05, 0) is 73.5 Å². The summed E-state index contributed by atoms with van der Waals surface area (Å²) in [6, 6.07) is 20.1. The van der Waals surface area contributed by atoms with Crippen LogP contribution >= 0.6 is 11.6 Å². The Labute approximate surface area is 205 Å². The second-order valence-electron chi connectivity index (χ2n) is 8.10. The number of hydrogen-bond donors (Lipinski definition) is 1. The summed E-state index contributed by atoms with van der Waals surface area (Å²) in [5, 5.41) is 7.73. The van der Waals surface area contributed by atoms with Crippen molar-refractivity contribution < 1.29 is 9.53 Å². The van der Waals surface area contributed by atoms with Crippen LogP contribution in [0, 0.1) is 6.92 Å². The fourth-order valence-electron chi connectivity index (χ4n) is 3.94. The second-order valence-corrected chi connectivity index (χ2v) is 8.53. The van der Waals surface area contributed by atoms with Crippen molar-refractivity contribution in [2.45, 2.75) is 20.4 Å². The summed E-state index contributed by atoms with van der Waals surface area (Å²) in [7, 11) is 0. The minimum Gasteiger partial charge on any atom is -0.494 e. The van der Waals surface area contributed by atoms with Crippen LogP contribution in [-0.2, 0) is 6.54 Å². The number of carbonyl (C=O) groups is 1. The van der Waals surface area contributed by atoms with Crippen LogP contribution in [0.25, 0.3) is 16.7 Å². The van der Waals surface area contributed by atoms with Gasteiger partial charge in [0.25, 0.3) is 11.5 Å². The average Bonchev–Trinajstić information content (AvgIpc) is 3.29. The van der Waals surface area contributed by atoms with E-state index in [0.717, 1.165) is 11.1 Å². The first kappa shape index (κ1) is 22.6. The fourth-order valence-corrected chi connectivity index (χ4v) is 4.15. The molecule has 2 aromatic heterocycles. The molecule has 2 heterocycles. The number of nitrogens with one attached hydrogen (secondary N) is 1. The molecule has 1 N–H and O–H groups in total. The molecule has 0 aliphatic carbocycles. The lowest BCUT2D eigenvalue weighted by Crippen LogP contribution is -2.24. The maximum Gasteiger partial charge on any atom is 0.296 e. The largest absolute Gasteiger partial charge is 0.494 e. The first-order valence-electron chi connectivity index (χ1n) is 11.1. The molecule has 176 valence electrons.